The lowest BCUT2D eigenvalue weighted by atomic mass is 10.0. The molecular formula is C18H31NO2. The fourth-order valence-electron chi connectivity index (χ4n) is 2.48. The van der Waals surface area contributed by atoms with Crippen LogP contribution in [0.2, 0.25) is 0 Å². The molecular weight excluding hydrogens is 262 g/mol. The highest BCUT2D eigenvalue weighted by Crippen LogP contribution is 2.28. The molecule has 0 aliphatic heterocycles. The van der Waals surface area contributed by atoms with Gasteiger partial charge in [-0.1, -0.05) is 45.6 Å². The minimum atomic E-state index is 0.159. The van der Waals surface area contributed by atoms with Crippen molar-refractivity contribution >= 4 is 0 Å². The van der Waals surface area contributed by atoms with Gasteiger partial charge in [-0.15, -0.1) is 0 Å². The smallest absolute Gasteiger partial charge is 0.124 e. The van der Waals surface area contributed by atoms with E-state index in [1.54, 1.807) is 13.2 Å². The van der Waals surface area contributed by atoms with Gasteiger partial charge in [0.05, 0.1) is 7.11 Å². The van der Waals surface area contributed by atoms with Crippen molar-refractivity contribution in [2.75, 3.05) is 13.7 Å². The van der Waals surface area contributed by atoms with Crippen LogP contribution in [0.15, 0.2) is 18.2 Å². The maximum absolute atomic E-state index is 10.00. The second kappa shape index (κ2) is 9.67. The van der Waals surface area contributed by atoms with E-state index in [2.05, 4.69) is 26.1 Å². The predicted molar refractivity (Wildman–Crippen MR) is 89.0 cm³/mol. The minimum absolute atomic E-state index is 0.159. The largest absolute Gasteiger partial charge is 0.507 e. The molecule has 0 saturated heterocycles. The number of aromatic hydroxyl groups is 1. The average Bonchev–Trinajstić information content (AvgIpc) is 2.45. The second-order valence-electron chi connectivity index (χ2n) is 6.20. The molecule has 0 radical (unpaired) electrons. The van der Waals surface area contributed by atoms with Crippen LogP contribution in [0.3, 0.4) is 0 Å². The highest BCUT2D eigenvalue weighted by Gasteiger charge is 2.10. The van der Waals surface area contributed by atoms with E-state index in [1.807, 2.05) is 12.1 Å². The van der Waals surface area contributed by atoms with E-state index < -0.39 is 0 Å². The number of nitrogens with one attached hydrogen (secondary N) is 1. The van der Waals surface area contributed by atoms with Crippen molar-refractivity contribution in [2.24, 2.45) is 5.92 Å². The van der Waals surface area contributed by atoms with Gasteiger partial charge in [0.15, 0.2) is 0 Å². The van der Waals surface area contributed by atoms with Crippen LogP contribution in [0.25, 0.3) is 0 Å². The summed E-state index contributed by atoms with van der Waals surface area (Å²) >= 11 is 0. The molecule has 0 saturated carbocycles. The van der Waals surface area contributed by atoms with Crippen molar-refractivity contribution < 1.29 is 9.84 Å². The highest BCUT2D eigenvalue weighted by molar-refractivity contribution is 5.41. The topological polar surface area (TPSA) is 41.5 Å². The van der Waals surface area contributed by atoms with E-state index in [9.17, 15) is 5.11 Å². The third-order valence-corrected chi connectivity index (χ3v) is 3.86. The molecule has 1 atom stereocenters. The Morgan fingerprint density at radius 3 is 2.43 bits per heavy atom. The molecule has 0 amide bonds. The van der Waals surface area contributed by atoms with Gasteiger partial charge in [0.1, 0.15) is 11.5 Å². The Balaban J connectivity index is 2.23. The fraction of sp³-hybridized carbons (Fsp3) is 0.667. The monoisotopic (exact) mass is 293 g/mol. The van der Waals surface area contributed by atoms with Crippen molar-refractivity contribution in [2.45, 2.75) is 58.9 Å². The van der Waals surface area contributed by atoms with Gasteiger partial charge in [0, 0.05) is 17.7 Å². The number of methoxy groups -OCH3 is 1. The Kier molecular flexibility index (Phi) is 8.21. The molecule has 0 fully saturated rings. The summed E-state index contributed by atoms with van der Waals surface area (Å²) in [6.45, 7) is 7.64. The summed E-state index contributed by atoms with van der Waals surface area (Å²) in [6, 6.07) is 5.64. The molecule has 0 heterocycles. The van der Waals surface area contributed by atoms with Crippen LogP contribution in [-0.2, 0) is 0 Å². The third-order valence-electron chi connectivity index (χ3n) is 3.86. The van der Waals surface area contributed by atoms with Crippen LogP contribution in [0.4, 0.5) is 0 Å². The molecule has 0 aliphatic rings. The van der Waals surface area contributed by atoms with Crippen LogP contribution in [0, 0.1) is 5.92 Å². The minimum Gasteiger partial charge on any atom is -0.507 e. The summed E-state index contributed by atoms with van der Waals surface area (Å²) in [4.78, 5) is 0. The van der Waals surface area contributed by atoms with Crippen molar-refractivity contribution in [3.8, 4) is 11.5 Å². The summed E-state index contributed by atoms with van der Waals surface area (Å²) in [5, 5.41) is 13.5. The number of phenolic OH excluding ortho intramolecular Hbond substituents is 1. The van der Waals surface area contributed by atoms with Gasteiger partial charge in [-0.3, -0.25) is 0 Å². The number of hydrogen-bond acceptors (Lipinski definition) is 3. The first kappa shape index (κ1) is 17.8. The number of unbranched alkanes of at least 4 members (excludes halogenated alkanes) is 3. The molecule has 1 rings (SSSR count). The molecule has 0 spiro atoms. The van der Waals surface area contributed by atoms with E-state index >= 15 is 0 Å². The Labute approximate surface area is 129 Å². The third kappa shape index (κ3) is 6.85. The van der Waals surface area contributed by atoms with E-state index in [0.29, 0.717) is 11.5 Å². The lowest BCUT2D eigenvalue weighted by Gasteiger charge is -2.16. The lowest BCUT2D eigenvalue weighted by molar-refractivity contribution is 0.403. The molecule has 3 nitrogen and oxygen atoms in total. The number of hydrogen-bond donors (Lipinski definition) is 2. The summed E-state index contributed by atoms with van der Waals surface area (Å²) in [5.41, 5.74) is 0.926. The first-order valence-corrected chi connectivity index (χ1v) is 8.15. The molecule has 0 aliphatic carbocycles. The fourth-order valence-corrected chi connectivity index (χ4v) is 2.48. The molecule has 3 heteroatoms. The van der Waals surface area contributed by atoms with Crippen molar-refractivity contribution in [3.05, 3.63) is 23.8 Å². The van der Waals surface area contributed by atoms with Crippen molar-refractivity contribution in [1.82, 2.24) is 5.32 Å². The van der Waals surface area contributed by atoms with Gasteiger partial charge in [0.25, 0.3) is 0 Å². The molecule has 0 bridgehead atoms. The Bertz CT molecular complexity index is 404. The summed E-state index contributed by atoms with van der Waals surface area (Å²) in [5.74, 6) is 1.81. The van der Waals surface area contributed by atoms with Crippen LogP contribution in [-0.4, -0.2) is 18.8 Å². The first-order chi connectivity index (χ1) is 10.0. The van der Waals surface area contributed by atoms with Crippen LogP contribution >= 0.6 is 0 Å². The zero-order valence-corrected chi connectivity index (χ0v) is 14.0. The Morgan fingerprint density at radius 1 is 1.10 bits per heavy atom. The number of phenols is 1. The molecule has 21 heavy (non-hydrogen) atoms. The summed E-state index contributed by atoms with van der Waals surface area (Å²) < 4.78 is 5.10. The molecule has 1 unspecified atom stereocenters. The summed E-state index contributed by atoms with van der Waals surface area (Å²) in [6.07, 6.45) is 6.47. The van der Waals surface area contributed by atoms with E-state index in [-0.39, 0.29) is 6.04 Å². The predicted octanol–water partition coefficient (Wildman–Crippen LogP) is 4.66. The van der Waals surface area contributed by atoms with E-state index in [4.69, 9.17) is 4.74 Å². The average molecular weight is 293 g/mol. The van der Waals surface area contributed by atoms with Gasteiger partial charge in [-0.05, 0) is 31.9 Å². The molecule has 0 aromatic heterocycles. The maximum Gasteiger partial charge on any atom is 0.124 e. The normalized spacial score (nSPS) is 12.6. The molecule has 120 valence electrons. The van der Waals surface area contributed by atoms with Gasteiger partial charge in [0.2, 0.25) is 0 Å². The maximum atomic E-state index is 10.00. The molecule has 1 aromatic carbocycles. The summed E-state index contributed by atoms with van der Waals surface area (Å²) in [7, 11) is 1.61. The van der Waals surface area contributed by atoms with Crippen LogP contribution < -0.4 is 10.1 Å². The number of rotatable bonds is 10. The zero-order chi connectivity index (χ0) is 15.7. The zero-order valence-electron chi connectivity index (χ0n) is 14.0. The van der Waals surface area contributed by atoms with Gasteiger partial charge in [-0.2, -0.15) is 0 Å². The van der Waals surface area contributed by atoms with E-state index in [0.717, 1.165) is 18.0 Å². The molecule has 1 aromatic rings. The lowest BCUT2D eigenvalue weighted by Crippen LogP contribution is -2.19. The van der Waals surface area contributed by atoms with Gasteiger partial charge in [-0.25, -0.2) is 0 Å². The Hall–Kier alpha value is -1.22. The first-order valence-electron chi connectivity index (χ1n) is 8.15. The van der Waals surface area contributed by atoms with Gasteiger partial charge >= 0.3 is 0 Å². The second-order valence-corrected chi connectivity index (χ2v) is 6.20. The van der Waals surface area contributed by atoms with Crippen molar-refractivity contribution in [1.29, 1.82) is 0 Å². The Morgan fingerprint density at radius 2 is 1.81 bits per heavy atom. The SMILES string of the molecule is COc1ccc(C(C)NCCCCCCC(C)C)c(O)c1. The van der Waals surface area contributed by atoms with Crippen LogP contribution in [0.5, 0.6) is 11.5 Å². The molecule has 2 N–H and O–H groups in total. The van der Waals surface area contributed by atoms with Gasteiger partial charge < -0.3 is 15.2 Å². The van der Waals surface area contributed by atoms with E-state index in [1.165, 1.54) is 32.1 Å². The van der Waals surface area contributed by atoms with Crippen molar-refractivity contribution in [3.63, 3.8) is 0 Å². The highest BCUT2D eigenvalue weighted by atomic mass is 16.5. The quantitative estimate of drug-likeness (QED) is 0.617. The van der Waals surface area contributed by atoms with Crippen LogP contribution in [0.1, 0.15) is 64.5 Å². The number of ether oxygens (including phenoxy) is 1. The number of benzene rings is 1. The standard InChI is InChI=1S/C18H31NO2/c1-14(2)9-7-5-6-8-12-19-15(3)17-11-10-16(21-4)13-18(17)20/h10-11,13-15,19-20H,5-9,12H2,1-4H3.